The van der Waals surface area contributed by atoms with Gasteiger partial charge in [-0.1, -0.05) is 6.58 Å². The summed E-state index contributed by atoms with van der Waals surface area (Å²) in [5, 5.41) is 0. The van der Waals surface area contributed by atoms with Crippen LogP contribution in [0.4, 0.5) is 17.6 Å². The monoisotopic (exact) mass is 248 g/mol. The van der Waals surface area contributed by atoms with Gasteiger partial charge in [0.1, 0.15) is 0 Å². The molecular formula is C11H8F4O2. The summed E-state index contributed by atoms with van der Waals surface area (Å²) in [5.74, 6) is -9.29. The molecule has 2 nitrogen and oxygen atoms in total. The number of benzene rings is 1. The summed E-state index contributed by atoms with van der Waals surface area (Å²) in [6.07, 6.45) is 0. The van der Waals surface area contributed by atoms with E-state index >= 15 is 0 Å². The third kappa shape index (κ3) is 2.30. The molecule has 0 saturated heterocycles. The maximum atomic E-state index is 13.2. The first kappa shape index (κ1) is 13.2. The second-order valence-electron chi connectivity index (χ2n) is 3.38. The van der Waals surface area contributed by atoms with E-state index in [1.165, 1.54) is 6.92 Å². The summed E-state index contributed by atoms with van der Waals surface area (Å²) < 4.78 is 56.8. The molecule has 0 saturated carbocycles. The van der Waals surface area contributed by atoms with E-state index in [1.54, 1.807) is 0 Å². The molecule has 6 heteroatoms. The summed E-state index contributed by atoms with van der Waals surface area (Å²) in [7, 11) is 0. The van der Waals surface area contributed by atoms with Crippen LogP contribution in [0.15, 0.2) is 12.2 Å². The molecule has 1 aromatic rings. The average molecular weight is 248 g/mol. The molecule has 0 bridgehead atoms. The van der Waals surface area contributed by atoms with E-state index in [0.29, 0.717) is 0 Å². The van der Waals surface area contributed by atoms with Crippen LogP contribution in [0.1, 0.15) is 12.5 Å². The molecule has 0 atom stereocenters. The first-order chi connectivity index (χ1) is 7.77. The maximum Gasteiger partial charge on any atom is 0.338 e. The first-order valence-corrected chi connectivity index (χ1v) is 4.47. The van der Waals surface area contributed by atoms with Crippen LogP contribution in [-0.2, 0) is 4.79 Å². The summed E-state index contributed by atoms with van der Waals surface area (Å²) in [4.78, 5) is 11.0. The highest BCUT2D eigenvalue weighted by atomic mass is 19.2. The fraction of sp³-hybridized carbons (Fsp3) is 0.182. The molecule has 92 valence electrons. The Balaban J connectivity index is 3.35. The standard InChI is InChI=1S/C11H8F4O2/c1-4(2)11(16)17-10-8(14)6(12)5(3)7(13)9(10)15/h1H2,2-3H3. The van der Waals surface area contributed by atoms with Crippen molar-refractivity contribution in [2.75, 3.05) is 0 Å². The number of esters is 1. The Morgan fingerprint density at radius 2 is 1.47 bits per heavy atom. The van der Waals surface area contributed by atoms with E-state index in [-0.39, 0.29) is 5.57 Å². The summed E-state index contributed by atoms with van der Waals surface area (Å²) in [6, 6.07) is 0. The minimum Gasteiger partial charge on any atom is -0.417 e. The summed E-state index contributed by atoms with van der Waals surface area (Å²) in [5.41, 5.74) is -0.986. The van der Waals surface area contributed by atoms with Gasteiger partial charge in [0.05, 0.1) is 0 Å². The zero-order valence-electron chi connectivity index (χ0n) is 9.04. The van der Waals surface area contributed by atoms with Gasteiger partial charge >= 0.3 is 5.97 Å². The highest BCUT2D eigenvalue weighted by Gasteiger charge is 2.26. The number of carbonyl (C=O) groups is 1. The average Bonchev–Trinajstić information content (AvgIpc) is 2.29. The highest BCUT2D eigenvalue weighted by molar-refractivity contribution is 5.88. The van der Waals surface area contributed by atoms with Gasteiger partial charge in [0, 0.05) is 11.1 Å². The number of hydrogen-bond acceptors (Lipinski definition) is 2. The lowest BCUT2D eigenvalue weighted by Crippen LogP contribution is -2.13. The summed E-state index contributed by atoms with van der Waals surface area (Å²) in [6.45, 7) is 5.25. The van der Waals surface area contributed by atoms with Crippen LogP contribution in [0.5, 0.6) is 5.75 Å². The van der Waals surface area contributed by atoms with Crippen LogP contribution in [-0.4, -0.2) is 5.97 Å². The van der Waals surface area contributed by atoms with Crippen molar-refractivity contribution in [1.82, 2.24) is 0 Å². The third-order valence-electron chi connectivity index (χ3n) is 1.99. The number of hydrogen-bond donors (Lipinski definition) is 0. The molecular weight excluding hydrogens is 240 g/mol. The van der Waals surface area contributed by atoms with Crippen molar-refractivity contribution in [3.63, 3.8) is 0 Å². The van der Waals surface area contributed by atoms with Gasteiger partial charge in [0.2, 0.25) is 17.4 Å². The van der Waals surface area contributed by atoms with Gasteiger partial charge < -0.3 is 4.74 Å². The molecule has 0 heterocycles. The molecule has 0 aliphatic carbocycles. The van der Waals surface area contributed by atoms with Gasteiger partial charge in [0.25, 0.3) is 0 Å². The van der Waals surface area contributed by atoms with Crippen molar-refractivity contribution in [1.29, 1.82) is 0 Å². The molecule has 1 aromatic carbocycles. The van der Waals surface area contributed by atoms with Gasteiger partial charge in [-0.3, -0.25) is 0 Å². The Kier molecular flexibility index (Phi) is 3.55. The number of rotatable bonds is 2. The lowest BCUT2D eigenvalue weighted by Gasteiger charge is -2.09. The van der Waals surface area contributed by atoms with E-state index in [1.807, 2.05) is 0 Å². The minimum atomic E-state index is -1.75. The van der Waals surface area contributed by atoms with Gasteiger partial charge in [-0.15, -0.1) is 0 Å². The highest BCUT2D eigenvalue weighted by Crippen LogP contribution is 2.29. The predicted octanol–water partition coefficient (Wildman–Crippen LogP) is 3.03. The fourth-order valence-corrected chi connectivity index (χ4v) is 0.991. The molecule has 0 amide bonds. The van der Waals surface area contributed by atoms with Crippen LogP contribution in [0, 0.1) is 30.2 Å². The van der Waals surface area contributed by atoms with E-state index in [2.05, 4.69) is 11.3 Å². The molecule has 0 aliphatic heterocycles. The third-order valence-corrected chi connectivity index (χ3v) is 1.99. The van der Waals surface area contributed by atoms with Crippen molar-refractivity contribution in [2.24, 2.45) is 0 Å². The molecule has 0 N–H and O–H groups in total. The van der Waals surface area contributed by atoms with Crippen molar-refractivity contribution in [3.8, 4) is 5.75 Å². The second-order valence-corrected chi connectivity index (χ2v) is 3.38. The number of carbonyl (C=O) groups excluding carboxylic acids is 1. The molecule has 0 unspecified atom stereocenters. The van der Waals surface area contributed by atoms with Crippen LogP contribution in [0.25, 0.3) is 0 Å². The van der Waals surface area contributed by atoms with Crippen LogP contribution in [0.3, 0.4) is 0 Å². The largest absolute Gasteiger partial charge is 0.417 e. The van der Waals surface area contributed by atoms with Crippen molar-refractivity contribution >= 4 is 5.97 Å². The van der Waals surface area contributed by atoms with Crippen molar-refractivity contribution in [3.05, 3.63) is 41.0 Å². The van der Waals surface area contributed by atoms with Gasteiger partial charge in [-0.2, -0.15) is 8.78 Å². The van der Waals surface area contributed by atoms with Gasteiger partial charge in [-0.05, 0) is 13.8 Å². The Morgan fingerprint density at radius 3 is 1.82 bits per heavy atom. The Morgan fingerprint density at radius 1 is 1.06 bits per heavy atom. The quantitative estimate of drug-likeness (QED) is 0.264. The number of halogens is 4. The van der Waals surface area contributed by atoms with E-state index in [9.17, 15) is 22.4 Å². The lowest BCUT2D eigenvalue weighted by molar-refractivity contribution is -0.130. The second kappa shape index (κ2) is 4.57. The predicted molar refractivity (Wildman–Crippen MR) is 51.5 cm³/mol. The van der Waals surface area contributed by atoms with Crippen molar-refractivity contribution in [2.45, 2.75) is 13.8 Å². The molecule has 0 aliphatic rings. The molecule has 0 fully saturated rings. The molecule has 0 spiro atoms. The smallest absolute Gasteiger partial charge is 0.338 e. The lowest BCUT2D eigenvalue weighted by atomic mass is 10.2. The Labute approximate surface area is 94.5 Å². The fourth-order valence-electron chi connectivity index (χ4n) is 0.991. The molecule has 17 heavy (non-hydrogen) atoms. The summed E-state index contributed by atoms with van der Waals surface area (Å²) >= 11 is 0. The molecule has 1 rings (SSSR count). The molecule has 0 aromatic heterocycles. The number of ether oxygens (including phenoxy) is 1. The molecule has 0 radical (unpaired) electrons. The van der Waals surface area contributed by atoms with Crippen LogP contribution in [0.2, 0.25) is 0 Å². The van der Waals surface area contributed by atoms with Gasteiger partial charge in [0.15, 0.2) is 11.6 Å². The zero-order valence-corrected chi connectivity index (χ0v) is 9.04. The Bertz CT molecular complexity index is 480. The Hall–Kier alpha value is -1.85. The van der Waals surface area contributed by atoms with E-state index in [0.717, 1.165) is 6.92 Å². The van der Waals surface area contributed by atoms with E-state index in [4.69, 9.17) is 0 Å². The SMILES string of the molecule is C=C(C)C(=O)Oc1c(F)c(F)c(C)c(F)c1F. The topological polar surface area (TPSA) is 26.3 Å². The first-order valence-electron chi connectivity index (χ1n) is 4.47. The van der Waals surface area contributed by atoms with Crippen LogP contribution >= 0.6 is 0 Å². The van der Waals surface area contributed by atoms with Crippen molar-refractivity contribution < 1.29 is 27.1 Å². The maximum absolute atomic E-state index is 13.2. The zero-order chi connectivity index (χ0) is 13.3. The van der Waals surface area contributed by atoms with E-state index < -0.39 is 40.6 Å². The minimum absolute atomic E-state index is 0.162. The normalized spacial score (nSPS) is 10.2. The van der Waals surface area contributed by atoms with Gasteiger partial charge in [-0.25, -0.2) is 13.6 Å². The van der Waals surface area contributed by atoms with Crippen LogP contribution < -0.4 is 4.74 Å².